The van der Waals surface area contributed by atoms with Crippen LogP contribution in [0.3, 0.4) is 0 Å². The SMILES string of the molecule is c1nnn([C@@H]2CCCN2)n1. The molecule has 0 aromatic carbocycles. The summed E-state index contributed by atoms with van der Waals surface area (Å²) in [6, 6.07) is 0. The van der Waals surface area contributed by atoms with Crippen molar-refractivity contribution >= 4 is 0 Å². The molecule has 1 aromatic rings. The molecule has 0 spiro atoms. The summed E-state index contributed by atoms with van der Waals surface area (Å²) in [4.78, 5) is 1.62. The lowest BCUT2D eigenvalue weighted by molar-refractivity contribution is 0.370. The zero-order valence-corrected chi connectivity index (χ0v) is 5.56. The smallest absolute Gasteiger partial charge is 0.162 e. The first kappa shape index (κ1) is 5.79. The highest BCUT2D eigenvalue weighted by atomic mass is 15.6. The van der Waals surface area contributed by atoms with Gasteiger partial charge in [-0.1, -0.05) is 0 Å². The maximum Gasteiger partial charge on any atom is 0.162 e. The number of tetrazole rings is 1. The second-order valence-corrected chi connectivity index (χ2v) is 2.37. The molecular weight excluding hydrogens is 130 g/mol. The van der Waals surface area contributed by atoms with Crippen LogP contribution in [0, 0.1) is 0 Å². The van der Waals surface area contributed by atoms with E-state index in [0.29, 0.717) is 0 Å². The van der Waals surface area contributed by atoms with E-state index >= 15 is 0 Å². The third-order valence-electron chi connectivity index (χ3n) is 1.68. The third kappa shape index (κ3) is 0.881. The molecule has 0 unspecified atom stereocenters. The largest absolute Gasteiger partial charge is 0.294 e. The molecular formula is C5H9N5. The van der Waals surface area contributed by atoms with E-state index in [1.54, 1.807) is 4.80 Å². The van der Waals surface area contributed by atoms with Crippen LogP contribution in [0.5, 0.6) is 0 Å². The van der Waals surface area contributed by atoms with Crippen LogP contribution >= 0.6 is 0 Å². The average Bonchev–Trinajstić information content (AvgIpc) is 2.59. The third-order valence-corrected chi connectivity index (χ3v) is 1.68. The maximum atomic E-state index is 3.93. The molecule has 5 heteroatoms. The zero-order chi connectivity index (χ0) is 6.81. The van der Waals surface area contributed by atoms with Gasteiger partial charge < -0.3 is 0 Å². The lowest BCUT2D eigenvalue weighted by Gasteiger charge is -2.05. The predicted molar refractivity (Wildman–Crippen MR) is 34.1 cm³/mol. The Bertz CT molecular complexity index is 188. The van der Waals surface area contributed by atoms with Crippen LogP contribution in [0.4, 0.5) is 0 Å². The van der Waals surface area contributed by atoms with Gasteiger partial charge >= 0.3 is 0 Å². The van der Waals surface area contributed by atoms with Crippen LogP contribution in [0.2, 0.25) is 0 Å². The molecule has 2 heterocycles. The molecule has 54 valence electrons. The van der Waals surface area contributed by atoms with Gasteiger partial charge in [0.05, 0.1) is 0 Å². The molecule has 1 N–H and O–H groups in total. The zero-order valence-electron chi connectivity index (χ0n) is 5.56. The minimum Gasteiger partial charge on any atom is -0.294 e. The summed E-state index contributed by atoms with van der Waals surface area (Å²) in [6.45, 7) is 1.06. The van der Waals surface area contributed by atoms with Gasteiger partial charge in [-0.2, -0.15) is 0 Å². The van der Waals surface area contributed by atoms with Crippen LogP contribution in [0.15, 0.2) is 6.33 Å². The molecule has 1 aliphatic rings. The van der Waals surface area contributed by atoms with Crippen LogP contribution in [-0.4, -0.2) is 26.8 Å². The monoisotopic (exact) mass is 139 g/mol. The summed E-state index contributed by atoms with van der Waals surface area (Å²) in [6.07, 6.45) is 4.05. The average molecular weight is 139 g/mol. The summed E-state index contributed by atoms with van der Waals surface area (Å²) in [5.41, 5.74) is 0. The van der Waals surface area contributed by atoms with Gasteiger partial charge in [0.1, 0.15) is 6.17 Å². The van der Waals surface area contributed by atoms with E-state index in [-0.39, 0.29) is 6.17 Å². The molecule has 0 radical (unpaired) electrons. The highest BCUT2D eigenvalue weighted by Crippen LogP contribution is 2.12. The summed E-state index contributed by atoms with van der Waals surface area (Å²) in [5.74, 6) is 0. The van der Waals surface area contributed by atoms with E-state index in [1.807, 2.05) is 0 Å². The summed E-state index contributed by atoms with van der Waals surface area (Å²) >= 11 is 0. The Balaban J connectivity index is 2.12. The first-order valence-electron chi connectivity index (χ1n) is 3.43. The van der Waals surface area contributed by atoms with Gasteiger partial charge in [0.25, 0.3) is 0 Å². The minimum absolute atomic E-state index is 0.280. The number of hydrogen-bond acceptors (Lipinski definition) is 4. The molecule has 1 saturated heterocycles. The van der Waals surface area contributed by atoms with E-state index in [1.165, 1.54) is 12.7 Å². The van der Waals surface area contributed by atoms with Gasteiger partial charge in [-0.25, -0.2) is 0 Å². The van der Waals surface area contributed by atoms with E-state index in [0.717, 1.165) is 13.0 Å². The fraction of sp³-hybridized carbons (Fsp3) is 0.800. The van der Waals surface area contributed by atoms with Crippen molar-refractivity contribution in [3.63, 3.8) is 0 Å². The first-order valence-corrected chi connectivity index (χ1v) is 3.43. The van der Waals surface area contributed by atoms with Gasteiger partial charge in [0.15, 0.2) is 6.33 Å². The summed E-state index contributed by atoms with van der Waals surface area (Å²) in [7, 11) is 0. The topological polar surface area (TPSA) is 55.6 Å². The molecule has 1 aromatic heterocycles. The van der Waals surface area contributed by atoms with Crippen LogP contribution < -0.4 is 5.32 Å². The normalized spacial score (nSPS) is 25.4. The van der Waals surface area contributed by atoms with E-state index in [9.17, 15) is 0 Å². The molecule has 0 aliphatic carbocycles. The Morgan fingerprint density at radius 3 is 3.20 bits per heavy atom. The highest BCUT2D eigenvalue weighted by molar-refractivity contribution is 4.67. The Kier molecular flexibility index (Phi) is 1.35. The van der Waals surface area contributed by atoms with Crippen molar-refractivity contribution in [3.05, 3.63) is 6.33 Å². The Hall–Kier alpha value is -0.970. The molecule has 2 rings (SSSR count). The Labute approximate surface area is 58.4 Å². The van der Waals surface area contributed by atoms with Gasteiger partial charge in [-0.15, -0.1) is 15.0 Å². The van der Waals surface area contributed by atoms with Crippen molar-refractivity contribution in [2.45, 2.75) is 19.0 Å². The molecule has 5 nitrogen and oxygen atoms in total. The number of rotatable bonds is 1. The van der Waals surface area contributed by atoms with Crippen molar-refractivity contribution in [3.8, 4) is 0 Å². The minimum atomic E-state index is 0.280. The van der Waals surface area contributed by atoms with Gasteiger partial charge in [0, 0.05) is 0 Å². The number of nitrogens with zero attached hydrogens (tertiary/aromatic N) is 4. The molecule has 1 aliphatic heterocycles. The summed E-state index contributed by atoms with van der Waals surface area (Å²) in [5, 5.41) is 14.6. The number of aromatic nitrogens is 4. The number of hydrogen-bond donors (Lipinski definition) is 1. The molecule has 0 bridgehead atoms. The van der Waals surface area contributed by atoms with Crippen molar-refractivity contribution in [1.29, 1.82) is 0 Å². The molecule has 0 saturated carbocycles. The quantitative estimate of drug-likeness (QED) is 0.572. The molecule has 0 amide bonds. The lowest BCUT2D eigenvalue weighted by atomic mass is 10.3. The highest BCUT2D eigenvalue weighted by Gasteiger charge is 2.16. The van der Waals surface area contributed by atoms with Crippen molar-refractivity contribution in [1.82, 2.24) is 25.5 Å². The van der Waals surface area contributed by atoms with Crippen LogP contribution in [0.1, 0.15) is 19.0 Å². The maximum absolute atomic E-state index is 3.93. The van der Waals surface area contributed by atoms with Crippen molar-refractivity contribution in [2.75, 3.05) is 6.54 Å². The van der Waals surface area contributed by atoms with E-state index in [2.05, 4.69) is 20.7 Å². The standard InChI is InChI=1S/C5H9N5/c1-2-5(6-3-1)10-8-4-7-9-10/h4-6H,1-3H2/t5-/m1/s1. The predicted octanol–water partition coefficient (Wildman–Crippen LogP) is -0.445. The molecule has 10 heavy (non-hydrogen) atoms. The second-order valence-electron chi connectivity index (χ2n) is 2.37. The van der Waals surface area contributed by atoms with Gasteiger partial charge in [-0.3, -0.25) is 5.32 Å². The molecule has 1 atom stereocenters. The fourth-order valence-corrected chi connectivity index (χ4v) is 1.18. The van der Waals surface area contributed by atoms with Gasteiger partial charge in [0.2, 0.25) is 0 Å². The lowest BCUT2D eigenvalue weighted by Crippen LogP contribution is -2.22. The number of nitrogens with one attached hydrogen (secondary N) is 1. The van der Waals surface area contributed by atoms with Crippen LogP contribution in [0.25, 0.3) is 0 Å². The summed E-state index contributed by atoms with van der Waals surface area (Å²) < 4.78 is 0. The van der Waals surface area contributed by atoms with Gasteiger partial charge in [-0.05, 0) is 24.6 Å². The Morgan fingerprint density at radius 1 is 1.60 bits per heavy atom. The van der Waals surface area contributed by atoms with Crippen molar-refractivity contribution < 1.29 is 0 Å². The fourth-order valence-electron chi connectivity index (χ4n) is 1.18. The van der Waals surface area contributed by atoms with E-state index in [4.69, 9.17) is 0 Å². The van der Waals surface area contributed by atoms with E-state index < -0.39 is 0 Å². The Morgan fingerprint density at radius 2 is 2.60 bits per heavy atom. The van der Waals surface area contributed by atoms with Crippen LogP contribution in [-0.2, 0) is 0 Å². The second kappa shape index (κ2) is 2.34. The first-order chi connectivity index (χ1) is 4.97. The molecule has 1 fully saturated rings. The van der Waals surface area contributed by atoms with Crippen molar-refractivity contribution in [2.24, 2.45) is 0 Å².